The molecule has 2 N–H and O–H groups in total. The van der Waals surface area contributed by atoms with E-state index in [-0.39, 0.29) is 5.56 Å². The van der Waals surface area contributed by atoms with Gasteiger partial charge < -0.3 is 19.9 Å². The summed E-state index contributed by atoms with van der Waals surface area (Å²) in [6.45, 7) is 2.56. The van der Waals surface area contributed by atoms with Crippen molar-refractivity contribution in [3.63, 3.8) is 0 Å². The van der Waals surface area contributed by atoms with Crippen LogP contribution in [0.5, 0.6) is 11.5 Å². The van der Waals surface area contributed by atoms with Crippen LogP contribution >= 0.6 is 0 Å². The number of anilines is 1. The zero-order chi connectivity index (χ0) is 12.8. The van der Waals surface area contributed by atoms with E-state index in [1.54, 1.807) is 6.07 Å². The average Bonchev–Trinajstić information content (AvgIpc) is 2.36. The molecule has 1 aromatic rings. The van der Waals surface area contributed by atoms with Crippen LogP contribution < -0.4 is 15.2 Å². The summed E-state index contributed by atoms with van der Waals surface area (Å²) in [5, 5.41) is 0. The van der Waals surface area contributed by atoms with E-state index in [2.05, 4.69) is 4.74 Å². The molecule has 94 valence electrons. The van der Waals surface area contributed by atoms with Crippen LogP contribution in [0.15, 0.2) is 12.1 Å². The predicted octanol–water partition coefficient (Wildman–Crippen LogP) is 1.85. The normalized spacial score (nSPS) is 9.82. The molecule has 0 aliphatic heterocycles. The van der Waals surface area contributed by atoms with Crippen LogP contribution in [-0.2, 0) is 4.74 Å². The van der Waals surface area contributed by atoms with Crippen LogP contribution in [0.2, 0.25) is 0 Å². The number of esters is 1. The lowest BCUT2D eigenvalue weighted by molar-refractivity contribution is 0.0597. The number of nitrogen functional groups attached to an aromatic ring is 1. The maximum Gasteiger partial charge on any atom is 0.341 e. The molecular formula is C12H17NO4. The highest BCUT2D eigenvalue weighted by atomic mass is 16.5. The molecule has 0 aromatic heterocycles. The largest absolute Gasteiger partial charge is 0.496 e. The molecule has 1 aromatic carbocycles. The van der Waals surface area contributed by atoms with Gasteiger partial charge in [0.25, 0.3) is 0 Å². The third kappa shape index (κ3) is 3.03. The number of carbonyl (C=O) groups is 1. The summed E-state index contributed by atoms with van der Waals surface area (Å²) in [7, 11) is 2.78. The van der Waals surface area contributed by atoms with Crippen molar-refractivity contribution in [2.75, 3.05) is 26.6 Å². The van der Waals surface area contributed by atoms with Gasteiger partial charge in [-0.15, -0.1) is 0 Å². The number of benzene rings is 1. The highest BCUT2D eigenvalue weighted by Crippen LogP contribution is 2.31. The van der Waals surface area contributed by atoms with E-state index in [0.717, 1.165) is 6.42 Å². The number of ether oxygens (including phenoxy) is 3. The molecule has 1 rings (SSSR count). The molecule has 0 radical (unpaired) electrons. The van der Waals surface area contributed by atoms with Crippen molar-refractivity contribution >= 4 is 11.7 Å². The van der Waals surface area contributed by atoms with Crippen LogP contribution in [0.25, 0.3) is 0 Å². The number of hydrogen-bond donors (Lipinski definition) is 1. The minimum Gasteiger partial charge on any atom is -0.496 e. The van der Waals surface area contributed by atoms with E-state index in [1.165, 1.54) is 20.3 Å². The van der Waals surface area contributed by atoms with Crippen molar-refractivity contribution in [1.29, 1.82) is 0 Å². The Morgan fingerprint density at radius 2 is 2.00 bits per heavy atom. The lowest BCUT2D eigenvalue weighted by Crippen LogP contribution is -2.07. The second-order valence-electron chi connectivity index (χ2n) is 3.43. The van der Waals surface area contributed by atoms with Gasteiger partial charge >= 0.3 is 5.97 Å². The van der Waals surface area contributed by atoms with Gasteiger partial charge in [-0.2, -0.15) is 0 Å². The SMILES string of the molecule is CCCOc1cc(OC)c(C(=O)OC)cc1N. The molecule has 0 spiro atoms. The topological polar surface area (TPSA) is 70.8 Å². The van der Waals surface area contributed by atoms with Gasteiger partial charge in [-0.3, -0.25) is 0 Å². The molecule has 0 bridgehead atoms. The summed E-state index contributed by atoms with van der Waals surface area (Å²) in [6, 6.07) is 3.09. The minimum atomic E-state index is -0.490. The Morgan fingerprint density at radius 3 is 2.53 bits per heavy atom. The monoisotopic (exact) mass is 239 g/mol. The summed E-state index contributed by atoms with van der Waals surface area (Å²) >= 11 is 0. The molecule has 0 atom stereocenters. The predicted molar refractivity (Wildman–Crippen MR) is 64.5 cm³/mol. The molecule has 0 heterocycles. The van der Waals surface area contributed by atoms with Crippen LogP contribution in [0, 0.1) is 0 Å². The third-order valence-corrected chi connectivity index (χ3v) is 2.20. The van der Waals surface area contributed by atoms with Crippen molar-refractivity contribution < 1.29 is 19.0 Å². The van der Waals surface area contributed by atoms with Crippen molar-refractivity contribution in [1.82, 2.24) is 0 Å². The quantitative estimate of drug-likeness (QED) is 0.627. The van der Waals surface area contributed by atoms with Crippen molar-refractivity contribution in [3.05, 3.63) is 17.7 Å². The minimum absolute atomic E-state index is 0.288. The van der Waals surface area contributed by atoms with Gasteiger partial charge in [-0.05, 0) is 12.5 Å². The summed E-state index contributed by atoms with van der Waals surface area (Å²) in [5.41, 5.74) is 6.47. The molecule has 5 heteroatoms. The summed E-state index contributed by atoms with van der Waals surface area (Å²) in [5.74, 6) is 0.407. The van der Waals surface area contributed by atoms with Crippen LogP contribution in [0.3, 0.4) is 0 Å². The number of hydrogen-bond acceptors (Lipinski definition) is 5. The number of carbonyl (C=O) groups excluding carboxylic acids is 1. The van der Waals surface area contributed by atoms with Gasteiger partial charge in [0.05, 0.1) is 26.5 Å². The molecule has 17 heavy (non-hydrogen) atoms. The Bertz CT molecular complexity index is 404. The first-order valence-electron chi connectivity index (χ1n) is 5.32. The summed E-state index contributed by atoms with van der Waals surface area (Å²) in [4.78, 5) is 11.5. The first-order chi connectivity index (χ1) is 8.13. The van der Waals surface area contributed by atoms with Gasteiger partial charge in [0.15, 0.2) is 0 Å². The Labute approximate surface area is 100 Å². The van der Waals surface area contributed by atoms with Gasteiger partial charge in [0.1, 0.15) is 17.1 Å². The van der Waals surface area contributed by atoms with E-state index in [9.17, 15) is 4.79 Å². The maximum atomic E-state index is 11.5. The summed E-state index contributed by atoms with van der Waals surface area (Å²) in [6.07, 6.45) is 0.876. The molecule has 0 amide bonds. The smallest absolute Gasteiger partial charge is 0.341 e. The average molecular weight is 239 g/mol. The van der Waals surface area contributed by atoms with Crippen LogP contribution in [0.1, 0.15) is 23.7 Å². The second kappa shape index (κ2) is 5.98. The molecule has 0 saturated heterocycles. The fourth-order valence-electron chi connectivity index (χ4n) is 1.35. The van der Waals surface area contributed by atoms with Crippen molar-refractivity contribution in [2.24, 2.45) is 0 Å². The summed E-state index contributed by atoms with van der Waals surface area (Å²) < 4.78 is 15.2. The fraction of sp³-hybridized carbons (Fsp3) is 0.417. The Morgan fingerprint density at radius 1 is 1.29 bits per heavy atom. The Balaban J connectivity index is 3.10. The highest BCUT2D eigenvalue weighted by Gasteiger charge is 2.16. The Hall–Kier alpha value is -1.91. The maximum absolute atomic E-state index is 11.5. The van der Waals surface area contributed by atoms with E-state index >= 15 is 0 Å². The van der Waals surface area contributed by atoms with E-state index < -0.39 is 5.97 Å². The lowest BCUT2D eigenvalue weighted by atomic mass is 10.1. The molecule has 0 saturated carbocycles. The van der Waals surface area contributed by atoms with Crippen molar-refractivity contribution in [2.45, 2.75) is 13.3 Å². The van der Waals surface area contributed by atoms with Gasteiger partial charge in [0.2, 0.25) is 0 Å². The number of nitrogens with two attached hydrogens (primary N) is 1. The van der Waals surface area contributed by atoms with E-state index in [1.807, 2.05) is 6.92 Å². The van der Waals surface area contributed by atoms with Crippen molar-refractivity contribution in [3.8, 4) is 11.5 Å². The highest BCUT2D eigenvalue weighted by molar-refractivity contribution is 5.94. The number of rotatable bonds is 5. The second-order valence-corrected chi connectivity index (χ2v) is 3.43. The van der Waals surface area contributed by atoms with Gasteiger partial charge in [-0.1, -0.05) is 6.92 Å². The molecule has 0 aliphatic carbocycles. The van der Waals surface area contributed by atoms with E-state index in [4.69, 9.17) is 15.2 Å². The Kier molecular flexibility index (Phi) is 4.63. The fourth-order valence-corrected chi connectivity index (χ4v) is 1.35. The molecule has 0 fully saturated rings. The van der Waals surface area contributed by atoms with E-state index in [0.29, 0.717) is 23.8 Å². The lowest BCUT2D eigenvalue weighted by Gasteiger charge is -2.12. The molecular weight excluding hydrogens is 222 g/mol. The first kappa shape index (κ1) is 13.2. The number of methoxy groups -OCH3 is 2. The zero-order valence-corrected chi connectivity index (χ0v) is 10.3. The molecule has 5 nitrogen and oxygen atoms in total. The first-order valence-corrected chi connectivity index (χ1v) is 5.32. The zero-order valence-electron chi connectivity index (χ0n) is 10.3. The van der Waals surface area contributed by atoms with Gasteiger partial charge in [0, 0.05) is 6.07 Å². The standard InChI is InChI=1S/C12H17NO4/c1-4-5-17-11-7-10(15-2)8(6-9(11)13)12(14)16-3/h6-7H,4-5,13H2,1-3H3. The van der Waals surface area contributed by atoms with Crippen LogP contribution in [-0.4, -0.2) is 26.8 Å². The molecule has 0 unspecified atom stereocenters. The van der Waals surface area contributed by atoms with Gasteiger partial charge in [-0.25, -0.2) is 4.79 Å². The van der Waals surface area contributed by atoms with Crippen LogP contribution in [0.4, 0.5) is 5.69 Å². The molecule has 0 aliphatic rings. The third-order valence-electron chi connectivity index (χ3n) is 2.20.